The van der Waals surface area contributed by atoms with Gasteiger partial charge in [0, 0.05) is 28.5 Å². The van der Waals surface area contributed by atoms with E-state index < -0.39 is 0 Å². The number of hydrogen-bond donors (Lipinski definition) is 2. The van der Waals surface area contributed by atoms with Crippen molar-refractivity contribution in [3.05, 3.63) is 27.9 Å². The number of aryl methyl sites for hydroxylation is 1. The van der Waals surface area contributed by atoms with Gasteiger partial charge in [-0.05, 0) is 41.5 Å². The second-order valence-corrected chi connectivity index (χ2v) is 4.90. The number of H-pyrrole nitrogens is 1. The maximum Gasteiger partial charge on any atom is 0.142 e. The van der Waals surface area contributed by atoms with Gasteiger partial charge in [-0.2, -0.15) is 0 Å². The summed E-state index contributed by atoms with van der Waals surface area (Å²) >= 11 is 3.68. The van der Waals surface area contributed by atoms with Crippen LogP contribution in [0, 0.1) is 6.92 Å². The number of benzene rings is 1. The SMILES string of the molecule is CNCCc1[nH]c2c(OC)ccc(C)c2c1Br. The molecular formula is C13H17BrN2O. The van der Waals surface area contributed by atoms with E-state index in [4.69, 9.17) is 4.74 Å². The number of aromatic nitrogens is 1. The van der Waals surface area contributed by atoms with Gasteiger partial charge >= 0.3 is 0 Å². The summed E-state index contributed by atoms with van der Waals surface area (Å²) in [5, 5.41) is 4.38. The lowest BCUT2D eigenvalue weighted by atomic mass is 10.1. The third-order valence-corrected chi connectivity index (χ3v) is 3.86. The van der Waals surface area contributed by atoms with Crippen molar-refractivity contribution in [1.29, 1.82) is 0 Å². The zero-order chi connectivity index (χ0) is 12.4. The molecule has 0 unspecified atom stereocenters. The number of ether oxygens (including phenoxy) is 1. The Hall–Kier alpha value is -1.00. The Kier molecular flexibility index (Phi) is 3.74. The molecule has 0 atom stereocenters. The first-order valence-corrected chi connectivity index (χ1v) is 6.46. The second kappa shape index (κ2) is 5.10. The van der Waals surface area contributed by atoms with Crippen molar-refractivity contribution >= 4 is 26.8 Å². The topological polar surface area (TPSA) is 37.0 Å². The fourth-order valence-electron chi connectivity index (χ4n) is 2.04. The van der Waals surface area contributed by atoms with Gasteiger partial charge in [0.2, 0.25) is 0 Å². The molecule has 2 rings (SSSR count). The number of hydrogen-bond acceptors (Lipinski definition) is 2. The van der Waals surface area contributed by atoms with E-state index in [0.717, 1.165) is 28.7 Å². The van der Waals surface area contributed by atoms with Crippen molar-refractivity contribution in [3.8, 4) is 5.75 Å². The molecule has 0 saturated carbocycles. The molecule has 0 fully saturated rings. The first kappa shape index (κ1) is 12.5. The standard InChI is InChI=1S/C13H17BrN2O/c1-8-4-5-10(17-3)13-11(8)12(14)9(16-13)6-7-15-2/h4-5,15-16H,6-7H2,1-3H3. The van der Waals surface area contributed by atoms with E-state index in [1.54, 1.807) is 7.11 Å². The number of halogens is 1. The molecule has 1 aromatic carbocycles. The van der Waals surface area contributed by atoms with Gasteiger partial charge in [0.05, 0.1) is 12.6 Å². The Morgan fingerprint density at radius 2 is 2.18 bits per heavy atom. The highest BCUT2D eigenvalue weighted by atomic mass is 79.9. The van der Waals surface area contributed by atoms with Crippen molar-refractivity contribution < 1.29 is 4.74 Å². The van der Waals surface area contributed by atoms with Crippen LogP contribution < -0.4 is 10.1 Å². The summed E-state index contributed by atoms with van der Waals surface area (Å²) in [6, 6.07) is 4.09. The van der Waals surface area contributed by atoms with Crippen molar-refractivity contribution in [2.75, 3.05) is 20.7 Å². The van der Waals surface area contributed by atoms with Gasteiger partial charge < -0.3 is 15.0 Å². The lowest BCUT2D eigenvalue weighted by Gasteiger charge is -2.03. The van der Waals surface area contributed by atoms with Crippen molar-refractivity contribution in [1.82, 2.24) is 10.3 Å². The van der Waals surface area contributed by atoms with Gasteiger partial charge in [-0.25, -0.2) is 0 Å². The molecule has 0 aliphatic heterocycles. The summed E-state index contributed by atoms with van der Waals surface area (Å²) in [7, 11) is 3.66. The molecule has 0 radical (unpaired) electrons. The first-order valence-electron chi connectivity index (χ1n) is 5.67. The summed E-state index contributed by atoms with van der Waals surface area (Å²) in [6.45, 7) is 3.06. The predicted molar refractivity (Wildman–Crippen MR) is 74.9 cm³/mol. The molecule has 92 valence electrons. The highest BCUT2D eigenvalue weighted by molar-refractivity contribution is 9.10. The lowest BCUT2D eigenvalue weighted by Crippen LogP contribution is -2.10. The molecule has 2 N–H and O–H groups in total. The summed E-state index contributed by atoms with van der Waals surface area (Å²) in [5.74, 6) is 0.891. The minimum absolute atomic E-state index is 0.891. The van der Waals surface area contributed by atoms with Crippen LogP contribution in [0.5, 0.6) is 5.75 Å². The van der Waals surface area contributed by atoms with Crippen LogP contribution in [0.3, 0.4) is 0 Å². The number of nitrogens with one attached hydrogen (secondary N) is 2. The highest BCUT2D eigenvalue weighted by Gasteiger charge is 2.14. The Morgan fingerprint density at radius 1 is 1.41 bits per heavy atom. The smallest absolute Gasteiger partial charge is 0.142 e. The van der Waals surface area contributed by atoms with Gasteiger partial charge in [0.1, 0.15) is 5.75 Å². The van der Waals surface area contributed by atoms with Gasteiger partial charge in [0.15, 0.2) is 0 Å². The van der Waals surface area contributed by atoms with E-state index in [0.29, 0.717) is 0 Å². The van der Waals surface area contributed by atoms with Crippen LogP contribution in [0.4, 0.5) is 0 Å². The maximum atomic E-state index is 5.39. The number of methoxy groups -OCH3 is 1. The van der Waals surface area contributed by atoms with Gasteiger partial charge in [-0.15, -0.1) is 0 Å². The summed E-state index contributed by atoms with van der Waals surface area (Å²) in [5.41, 5.74) is 3.53. The summed E-state index contributed by atoms with van der Waals surface area (Å²) < 4.78 is 6.54. The fourth-order valence-corrected chi connectivity index (χ4v) is 2.85. The molecular weight excluding hydrogens is 280 g/mol. The third kappa shape index (κ3) is 2.19. The molecule has 0 spiro atoms. The third-order valence-electron chi connectivity index (χ3n) is 2.98. The van der Waals surface area contributed by atoms with Crippen molar-refractivity contribution in [3.63, 3.8) is 0 Å². The van der Waals surface area contributed by atoms with Crippen molar-refractivity contribution in [2.45, 2.75) is 13.3 Å². The zero-order valence-corrected chi connectivity index (χ0v) is 11.9. The Labute approximate surface area is 110 Å². The average Bonchev–Trinajstić information content (AvgIpc) is 2.66. The number of aromatic amines is 1. The van der Waals surface area contributed by atoms with Crippen LogP contribution in [0.1, 0.15) is 11.3 Å². The van der Waals surface area contributed by atoms with Crippen LogP contribution in [0.15, 0.2) is 16.6 Å². The summed E-state index contributed by atoms with van der Waals surface area (Å²) in [4.78, 5) is 3.45. The summed E-state index contributed by atoms with van der Waals surface area (Å²) in [6.07, 6.45) is 0.967. The van der Waals surface area contributed by atoms with Gasteiger partial charge in [0.25, 0.3) is 0 Å². The van der Waals surface area contributed by atoms with Crippen molar-refractivity contribution in [2.24, 2.45) is 0 Å². The molecule has 0 aliphatic carbocycles. The van der Waals surface area contributed by atoms with E-state index in [9.17, 15) is 0 Å². The Morgan fingerprint density at radius 3 is 2.82 bits per heavy atom. The van der Waals surface area contributed by atoms with Crippen LogP contribution >= 0.6 is 15.9 Å². The second-order valence-electron chi connectivity index (χ2n) is 4.11. The van der Waals surface area contributed by atoms with E-state index in [1.807, 2.05) is 13.1 Å². The van der Waals surface area contributed by atoms with Crippen LogP contribution in [0.2, 0.25) is 0 Å². The number of rotatable bonds is 4. The molecule has 0 saturated heterocycles. The predicted octanol–water partition coefficient (Wildman–Crippen LogP) is 3.01. The lowest BCUT2D eigenvalue weighted by molar-refractivity contribution is 0.419. The zero-order valence-electron chi connectivity index (χ0n) is 10.4. The number of fused-ring (bicyclic) bond motifs is 1. The monoisotopic (exact) mass is 296 g/mol. The quantitative estimate of drug-likeness (QED) is 0.910. The molecule has 2 aromatic rings. The van der Waals surface area contributed by atoms with Crippen LogP contribution in [-0.2, 0) is 6.42 Å². The minimum Gasteiger partial charge on any atom is -0.495 e. The maximum absolute atomic E-state index is 5.39. The molecule has 3 nitrogen and oxygen atoms in total. The molecule has 0 bridgehead atoms. The van der Waals surface area contributed by atoms with Gasteiger partial charge in [-0.3, -0.25) is 0 Å². The van der Waals surface area contributed by atoms with E-state index in [-0.39, 0.29) is 0 Å². The van der Waals surface area contributed by atoms with E-state index >= 15 is 0 Å². The molecule has 4 heteroatoms. The highest BCUT2D eigenvalue weighted by Crippen LogP contribution is 2.35. The van der Waals surface area contributed by atoms with Crippen LogP contribution in [-0.4, -0.2) is 25.7 Å². The molecule has 17 heavy (non-hydrogen) atoms. The molecule has 1 heterocycles. The minimum atomic E-state index is 0.891. The molecule has 1 aromatic heterocycles. The largest absolute Gasteiger partial charge is 0.495 e. The molecule has 0 aliphatic rings. The Balaban J connectivity index is 2.59. The van der Waals surface area contributed by atoms with E-state index in [1.165, 1.54) is 16.6 Å². The average molecular weight is 297 g/mol. The first-order chi connectivity index (χ1) is 8.19. The Bertz CT molecular complexity index is 534. The van der Waals surface area contributed by atoms with E-state index in [2.05, 4.69) is 39.2 Å². The van der Waals surface area contributed by atoms with Crippen LogP contribution in [0.25, 0.3) is 10.9 Å². The van der Waals surface area contributed by atoms with Gasteiger partial charge in [-0.1, -0.05) is 6.07 Å². The number of likely N-dealkylation sites (N-methyl/N-ethyl adjacent to an activating group) is 1. The normalized spacial score (nSPS) is 11.1. The molecule has 0 amide bonds. The fraction of sp³-hybridized carbons (Fsp3) is 0.385.